The average Bonchev–Trinajstić information content (AvgIpc) is 2.43. The fourth-order valence-corrected chi connectivity index (χ4v) is 2.71. The molecule has 0 aliphatic carbocycles. The third kappa shape index (κ3) is 3.85. The number of nitrogens with two attached hydrogens (primary N) is 1. The Morgan fingerprint density at radius 3 is 2.68 bits per heavy atom. The zero-order valence-electron chi connectivity index (χ0n) is 11.6. The summed E-state index contributed by atoms with van der Waals surface area (Å²) in [5.41, 5.74) is 6.58. The number of hydrogen-bond donors (Lipinski definition) is 2. The summed E-state index contributed by atoms with van der Waals surface area (Å²) in [6, 6.07) is 5.52. The van der Waals surface area contributed by atoms with Gasteiger partial charge in [-0.2, -0.15) is 0 Å². The van der Waals surface area contributed by atoms with E-state index in [2.05, 4.69) is 4.90 Å². The third-order valence-electron chi connectivity index (χ3n) is 3.97. The van der Waals surface area contributed by atoms with Gasteiger partial charge in [-0.1, -0.05) is 6.07 Å². The van der Waals surface area contributed by atoms with E-state index in [1.807, 2.05) is 12.1 Å². The Morgan fingerprint density at radius 2 is 2.11 bits per heavy atom. The molecule has 0 spiro atoms. The van der Waals surface area contributed by atoms with Crippen LogP contribution in [-0.4, -0.2) is 36.8 Å². The highest BCUT2D eigenvalue weighted by atomic mass is 16.5. The van der Waals surface area contributed by atoms with Crippen molar-refractivity contribution in [1.29, 1.82) is 0 Å². The van der Waals surface area contributed by atoms with Gasteiger partial charge in [-0.25, -0.2) is 0 Å². The lowest BCUT2D eigenvalue weighted by Crippen LogP contribution is -2.33. The van der Waals surface area contributed by atoms with Gasteiger partial charge in [0.1, 0.15) is 11.5 Å². The zero-order chi connectivity index (χ0) is 13.7. The number of rotatable bonds is 5. The Bertz CT molecular complexity index is 401. The molecule has 0 radical (unpaired) electrons. The van der Waals surface area contributed by atoms with Gasteiger partial charge in [0.25, 0.3) is 0 Å². The number of ether oxygens (including phenoxy) is 1. The maximum Gasteiger partial charge on any atom is 0.123 e. The van der Waals surface area contributed by atoms with Crippen molar-refractivity contribution in [2.75, 3.05) is 26.7 Å². The Morgan fingerprint density at radius 1 is 1.37 bits per heavy atom. The van der Waals surface area contributed by atoms with Crippen molar-refractivity contribution in [3.63, 3.8) is 0 Å². The van der Waals surface area contributed by atoms with Crippen LogP contribution in [0.1, 0.15) is 24.8 Å². The van der Waals surface area contributed by atoms with Crippen LogP contribution in [0.5, 0.6) is 11.5 Å². The summed E-state index contributed by atoms with van der Waals surface area (Å²) in [7, 11) is 1.61. The maximum absolute atomic E-state index is 9.97. The molecule has 106 valence electrons. The standard InChI is InChI=1S/C15H24N2O2/c1-19-14-3-2-13(15(18)10-14)11-17-8-5-12(4-7-16)6-9-17/h2-3,10,12,18H,4-9,11,16H2,1H3. The van der Waals surface area contributed by atoms with Gasteiger partial charge in [-0.3, -0.25) is 4.90 Å². The van der Waals surface area contributed by atoms with Gasteiger partial charge in [0, 0.05) is 18.2 Å². The molecule has 3 N–H and O–H groups in total. The Labute approximate surface area is 115 Å². The fourth-order valence-electron chi connectivity index (χ4n) is 2.71. The second-order valence-corrected chi connectivity index (χ2v) is 5.29. The molecular formula is C15H24N2O2. The van der Waals surface area contributed by atoms with Gasteiger partial charge in [0.15, 0.2) is 0 Å². The molecule has 1 fully saturated rings. The van der Waals surface area contributed by atoms with Crippen molar-refractivity contribution in [1.82, 2.24) is 4.90 Å². The second-order valence-electron chi connectivity index (χ2n) is 5.29. The molecule has 2 rings (SSSR count). The molecule has 0 amide bonds. The van der Waals surface area contributed by atoms with Crippen LogP contribution in [0.25, 0.3) is 0 Å². The van der Waals surface area contributed by atoms with Crippen LogP contribution >= 0.6 is 0 Å². The highest BCUT2D eigenvalue weighted by Gasteiger charge is 2.19. The molecule has 1 saturated heterocycles. The first-order valence-corrected chi connectivity index (χ1v) is 7.01. The highest BCUT2D eigenvalue weighted by molar-refractivity contribution is 5.39. The van der Waals surface area contributed by atoms with Gasteiger partial charge in [0.2, 0.25) is 0 Å². The van der Waals surface area contributed by atoms with E-state index < -0.39 is 0 Å². The number of nitrogens with zero attached hydrogens (tertiary/aromatic N) is 1. The number of benzene rings is 1. The van der Waals surface area contributed by atoms with E-state index in [-0.39, 0.29) is 0 Å². The first kappa shape index (κ1) is 14.2. The van der Waals surface area contributed by atoms with Gasteiger partial charge >= 0.3 is 0 Å². The summed E-state index contributed by atoms with van der Waals surface area (Å²) in [4.78, 5) is 2.40. The number of likely N-dealkylation sites (tertiary alicyclic amines) is 1. The predicted octanol–water partition coefficient (Wildman–Crippen LogP) is 1.96. The minimum atomic E-state index is 0.323. The molecule has 0 atom stereocenters. The lowest BCUT2D eigenvalue weighted by atomic mass is 9.93. The van der Waals surface area contributed by atoms with Crippen LogP contribution in [0.3, 0.4) is 0 Å². The van der Waals surface area contributed by atoms with Gasteiger partial charge < -0.3 is 15.6 Å². The summed E-state index contributed by atoms with van der Waals surface area (Å²) >= 11 is 0. The molecule has 4 nitrogen and oxygen atoms in total. The minimum absolute atomic E-state index is 0.323. The van der Waals surface area contributed by atoms with Crippen molar-refractivity contribution in [2.24, 2.45) is 11.7 Å². The van der Waals surface area contributed by atoms with E-state index in [0.29, 0.717) is 11.5 Å². The Balaban J connectivity index is 1.88. The average molecular weight is 264 g/mol. The lowest BCUT2D eigenvalue weighted by Gasteiger charge is -2.31. The number of methoxy groups -OCH3 is 1. The van der Waals surface area contributed by atoms with Gasteiger partial charge in [-0.05, 0) is 50.9 Å². The normalized spacial score (nSPS) is 17.6. The van der Waals surface area contributed by atoms with Crippen molar-refractivity contribution in [2.45, 2.75) is 25.8 Å². The van der Waals surface area contributed by atoms with Crippen LogP contribution in [-0.2, 0) is 6.54 Å². The van der Waals surface area contributed by atoms with Gasteiger partial charge in [0.05, 0.1) is 7.11 Å². The topological polar surface area (TPSA) is 58.7 Å². The number of phenols is 1. The molecule has 0 saturated carbocycles. The summed E-state index contributed by atoms with van der Waals surface area (Å²) in [5, 5.41) is 9.97. The van der Waals surface area contributed by atoms with E-state index in [9.17, 15) is 5.11 Å². The summed E-state index contributed by atoms with van der Waals surface area (Å²) in [5.74, 6) is 1.80. The fraction of sp³-hybridized carbons (Fsp3) is 0.600. The highest BCUT2D eigenvalue weighted by Crippen LogP contribution is 2.27. The summed E-state index contributed by atoms with van der Waals surface area (Å²) in [6.45, 7) is 3.79. The largest absolute Gasteiger partial charge is 0.507 e. The SMILES string of the molecule is COc1ccc(CN2CCC(CCN)CC2)c(O)c1. The van der Waals surface area contributed by atoms with Crippen LogP contribution in [0.4, 0.5) is 0 Å². The molecule has 1 aromatic rings. The van der Waals surface area contributed by atoms with Crippen molar-refractivity contribution in [3.8, 4) is 11.5 Å². The first-order chi connectivity index (χ1) is 9.22. The molecule has 1 aliphatic rings. The van der Waals surface area contributed by atoms with E-state index in [1.54, 1.807) is 13.2 Å². The molecular weight excluding hydrogens is 240 g/mol. The molecule has 1 heterocycles. The Kier molecular flexibility index (Phi) is 5.05. The molecule has 1 aromatic carbocycles. The quantitative estimate of drug-likeness (QED) is 0.853. The molecule has 1 aliphatic heterocycles. The smallest absolute Gasteiger partial charge is 0.123 e. The minimum Gasteiger partial charge on any atom is -0.507 e. The van der Waals surface area contributed by atoms with E-state index in [4.69, 9.17) is 10.5 Å². The monoisotopic (exact) mass is 264 g/mol. The molecule has 0 aromatic heterocycles. The van der Waals surface area contributed by atoms with Crippen LogP contribution in [0.15, 0.2) is 18.2 Å². The number of piperidine rings is 1. The second kappa shape index (κ2) is 6.78. The van der Waals surface area contributed by atoms with Crippen LogP contribution in [0, 0.1) is 5.92 Å². The summed E-state index contributed by atoms with van der Waals surface area (Å²) < 4.78 is 5.10. The summed E-state index contributed by atoms with van der Waals surface area (Å²) in [6.07, 6.45) is 3.57. The van der Waals surface area contributed by atoms with Crippen LogP contribution in [0.2, 0.25) is 0 Å². The number of phenolic OH excluding ortho intramolecular Hbond substituents is 1. The third-order valence-corrected chi connectivity index (χ3v) is 3.97. The molecule has 0 bridgehead atoms. The van der Waals surface area contributed by atoms with E-state index in [1.165, 1.54) is 12.8 Å². The van der Waals surface area contributed by atoms with Crippen LogP contribution < -0.4 is 10.5 Å². The molecule has 4 heteroatoms. The first-order valence-electron chi connectivity index (χ1n) is 7.01. The van der Waals surface area contributed by atoms with Crippen molar-refractivity contribution in [3.05, 3.63) is 23.8 Å². The number of aromatic hydroxyl groups is 1. The van der Waals surface area contributed by atoms with Gasteiger partial charge in [-0.15, -0.1) is 0 Å². The van der Waals surface area contributed by atoms with Crippen molar-refractivity contribution >= 4 is 0 Å². The maximum atomic E-state index is 9.97. The Hall–Kier alpha value is -1.26. The zero-order valence-corrected chi connectivity index (χ0v) is 11.6. The molecule has 19 heavy (non-hydrogen) atoms. The predicted molar refractivity (Wildman–Crippen MR) is 76.3 cm³/mol. The molecule has 0 unspecified atom stereocenters. The van der Waals surface area contributed by atoms with E-state index in [0.717, 1.165) is 44.1 Å². The van der Waals surface area contributed by atoms with Crippen molar-refractivity contribution < 1.29 is 9.84 Å². The number of hydrogen-bond acceptors (Lipinski definition) is 4. The van der Waals surface area contributed by atoms with E-state index >= 15 is 0 Å². The lowest BCUT2D eigenvalue weighted by molar-refractivity contribution is 0.172.